The van der Waals surface area contributed by atoms with Crippen molar-refractivity contribution in [2.75, 3.05) is 5.32 Å². The first-order chi connectivity index (χ1) is 11.5. The minimum absolute atomic E-state index is 0.229. The van der Waals surface area contributed by atoms with E-state index in [0.29, 0.717) is 10.6 Å². The van der Waals surface area contributed by atoms with Crippen LogP contribution in [0.2, 0.25) is 5.02 Å². The van der Waals surface area contributed by atoms with Crippen LogP contribution < -0.4 is 10.6 Å². The van der Waals surface area contributed by atoms with Crippen molar-refractivity contribution in [3.05, 3.63) is 76.8 Å². The molecule has 3 nitrogen and oxygen atoms in total. The Bertz CT molecular complexity index is 934. The molecule has 3 aromatic rings. The van der Waals surface area contributed by atoms with E-state index in [2.05, 4.69) is 10.6 Å². The van der Waals surface area contributed by atoms with Gasteiger partial charge in [-0.3, -0.25) is 10.1 Å². The highest BCUT2D eigenvalue weighted by Gasteiger charge is 2.11. The van der Waals surface area contributed by atoms with Gasteiger partial charge in [-0.1, -0.05) is 54.1 Å². The van der Waals surface area contributed by atoms with Gasteiger partial charge < -0.3 is 5.32 Å². The van der Waals surface area contributed by atoms with Crippen LogP contribution in [-0.4, -0.2) is 11.0 Å². The molecule has 0 radical (unpaired) electrons. The quantitative estimate of drug-likeness (QED) is 0.641. The van der Waals surface area contributed by atoms with E-state index in [4.69, 9.17) is 23.8 Å². The zero-order valence-corrected chi connectivity index (χ0v) is 14.5. The average Bonchev–Trinajstić information content (AvgIpc) is 2.57. The highest BCUT2D eigenvalue weighted by atomic mass is 35.5. The number of hydrogen-bond acceptors (Lipinski definition) is 2. The third kappa shape index (κ3) is 3.55. The van der Waals surface area contributed by atoms with Gasteiger partial charge in [-0.25, -0.2) is 0 Å². The molecule has 0 saturated heterocycles. The molecule has 0 atom stereocenters. The number of halogens is 1. The number of benzene rings is 3. The summed E-state index contributed by atoms with van der Waals surface area (Å²) in [6, 6.07) is 18.9. The Morgan fingerprint density at radius 1 is 1.04 bits per heavy atom. The van der Waals surface area contributed by atoms with Crippen LogP contribution in [0.5, 0.6) is 0 Å². The van der Waals surface area contributed by atoms with E-state index in [-0.39, 0.29) is 11.0 Å². The van der Waals surface area contributed by atoms with Crippen molar-refractivity contribution in [1.29, 1.82) is 0 Å². The van der Waals surface area contributed by atoms with Crippen LogP contribution in [0.15, 0.2) is 60.7 Å². The molecule has 5 heteroatoms. The van der Waals surface area contributed by atoms with Crippen molar-refractivity contribution in [1.82, 2.24) is 5.32 Å². The first kappa shape index (κ1) is 16.4. The Morgan fingerprint density at radius 2 is 1.79 bits per heavy atom. The third-order valence-electron chi connectivity index (χ3n) is 3.69. The van der Waals surface area contributed by atoms with Crippen molar-refractivity contribution in [3.63, 3.8) is 0 Å². The third-order valence-corrected chi connectivity index (χ3v) is 4.30. The molecule has 0 aliphatic heterocycles. The van der Waals surface area contributed by atoms with Crippen LogP contribution in [-0.2, 0) is 0 Å². The maximum absolute atomic E-state index is 12.5. The number of fused-ring (bicyclic) bond motifs is 1. The lowest BCUT2D eigenvalue weighted by atomic mass is 10.0. The first-order valence-corrected chi connectivity index (χ1v) is 8.19. The normalized spacial score (nSPS) is 10.4. The molecule has 0 spiro atoms. The number of amides is 1. The monoisotopic (exact) mass is 354 g/mol. The maximum atomic E-state index is 12.5. The van der Waals surface area contributed by atoms with Gasteiger partial charge in [0.25, 0.3) is 5.91 Å². The average molecular weight is 355 g/mol. The Hall–Kier alpha value is -2.43. The van der Waals surface area contributed by atoms with Crippen LogP contribution >= 0.6 is 23.8 Å². The fraction of sp³-hybridized carbons (Fsp3) is 0.0526. The fourth-order valence-electron chi connectivity index (χ4n) is 2.43. The van der Waals surface area contributed by atoms with Gasteiger partial charge in [0.1, 0.15) is 0 Å². The van der Waals surface area contributed by atoms with Crippen molar-refractivity contribution in [2.24, 2.45) is 0 Å². The maximum Gasteiger partial charge on any atom is 0.258 e. The first-order valence-electron chi connectivity index (χ1n) is 7.41. The van der Waals surface area contributed by atoms with Gasteiger partial charge in [0.2, 0.25) is 0 Å². The summed E-state index contributed by atoms with van der Waals surface area (Å²) in [5.41, 5.74) is 2.29. The molecule has 0 aliphatic rings. The van der Waals surface area contributed by atoms with Crippen molar-refractivity contribution >= 4 is 51.3 Å². The van der Waals surface area contributed by atoms with Gasteiger partial charge in [0, 0.05) is 16.3 Å². The number of carbonyl (C=O) groups excluding carboxylic acids is 1. The number of nitrogens with one attached hydrogen (secondary N) is 2. The second-order valence-electron chi connectivity index (χ2n) is 5.40. The minimum atomic E-state index is -0.248. The van der Waals surface area contributed by atoms with Gasteiger partial charge >= 0.3 is 0 Å². The van der Waals surface area contributed by atoms with E-state index >= 15 is 0 Å². The molecule has 3 aromatic carbocycles. The summed E-state index contributed by atoms with van der Waals surface area (Å²) in [6.07, 6.45) is 0. The van der Waals surface area contributed by atoms with Gasteiger partial charge in [0.15, 0.2) is 5.11 Å². The largest absolute Gasteiger partial charge is 0.332 e. The van der Waals surface area contributed by atoms with E-state index in [9.17, 15) is 4.79 Å². The SMILES string of the molecule is Cc1ccc(NC(=S)NC(=O)c2cccc3ccccc23)cc1Cl. The van der Waals surface area contributed by atoms with Gasteiger partial charge in [0.05, 0.1) is 0 Å². The molecular weight excluding hydrogens is 340 g/mol. The Kier molecular flexibility index (Phi) is 4.79. The summed E-state index contributed by atoms with van der Waals surface area (Å²) < 4.78 is 0. The van der Waals surface area contributed by atoms with Gasteiger partial charge in [-0.2, -0.15) is 0 Å². The molecule has 3 rings (SSSR count). The molecule has 120 valence electrons. The molecule has 0 bridgehead atoms. The molecule has 0 saturated carbocycles. The standard InChI is InChI=1S/C19H15ClN2OS/c1-12-9-10-14(11-17(12)20)21-19(24)22-18(23)16-8-4-6-13-5-2-3-7-15(13)16/h2-11H,1H3,(H2,21,22,23,24). The summed E-state index contributed by atoms with van der Waals surface area (Å²) >= 11 is 11.3. The van der Waals surface area contributed by atoms with E-state index < -0.39 is 0 Å². The van der Waals surface area contributed by atoms with E-state index in [1.807, 2.05) is 55.5 Å². The number of thiocarbonyl (C=S) groups is 1. The topological polar surface area (TPSA) is 41.1 Å². The predicted molar refractivity (Wildman–Crippen MR) is 104 cm³/mol. The summed E-state index contributed by atoms with van der Waals surface area (Å²) in [5.74, 6) is -0.248. The number of hydrogen-bond donors (Lipinski definition) is 2. The van der Waals surface area contributed by atoms with E-state index in [1.165, 1.54) is 0 Å². The highest BCUT2D eigenvalue weighted by molar-refractivity contribution is 7.80. The number of rotatable bonds is 2. The molecule has 0 heterocycles. The minimum Gasteiger partial charge on any atom is -0.332 e. The highest BCUT2D eigenvalue weighted by Crippen LogP contribution is 2.20. The second kappa shape index (κ2) is 6.99. The zero-order chi connectivity index (χ0) is 17.1. The Balaban J connectivity index is 1.76. The lowest BCUT2D eigenvalue weighted by Gasteiger charge is -2.11. The molecule has 2 N–H and O–H groups in total. The zero-order valence-electron chi connectivity index (χ0n) is 13.0. The van der Waals surface area contributed by atoms with Crippen LogP contribution in [0.1, 0.15) is 15.9 Å². The smallest absolute Gasteiger partial charge is 0.258 e. The summed E-state index contributed by atoms with van der Waals surface area (Å²) in [5, 5.41) is 8.45. The molecule has 1 amide bonds. The lowest BCUT2D eigenvalue weighted by molar-refractivity contribution is 0.0979. The molecule has 0 aromatic heterocycles. The summed E-state index contributed by atoms with van der Waals surface area (Å²) in [7, 11) is 0. The van der Waals surface area contributed by atoms with Crippen LogP contribution in [0.25, 0.3) is 10.8 Å². The number of aryl methyl sites for hydroxylation is 1. The van der Waals surface area contributed by atoms with Crippen molar-refractivity contribution in [2.45, 2.75) is 6.92 Å². The van der Waals surface area contributed by atoms with Crippen LogP contribution in [0.3, 0.4) is 0 Å². The Labute approximate surface area is 150 Å². The molecule has 24 heavy (non-hydrogen) atoms. The van der Waals surface area contributed by atoms with Crippen molar-refractivity contribution in [3.8, 4) is 0 Å². The summed E-state index contributed by atoms with van der Waals surface area (Å²) in [4.78, 5) is 12.5. The number of anilines is 1. The van der Waals surface area contributed by atoms with Crippen LogP contribution in [0.4, 0.5) is 5.69 Å². The van der Waals surface area contributed by atoms with Gasteiger partial charge in [-0.05, 0) is 53.7 Å². The molecule has 0 aliphatic carbocycles. The van der Waals surface area contributed by atoms with Gasteiger partial charge in [-0.15, -0.1) is 0 Å². The van der Waals surface area contributed by atoms with Crippen molar-refractivity contribution < 1.29 is 4.79 Å². The summed E-state index contributed by atoms with van der Waals surface area (Å²) in [6.45, 7) is 1.92. The van der Waals surface area contributed by atoms with E-state index in [1.54, 1.807) is 12.1 Å². The Morgan fingerprint density at radius 3 is 2.58 bits per heavy atom. The number of carbonyl (C=O) groups is 1. The molecule has 0 fully saturated rings. The lowest BCUT2D eigenvalue weighted by Crippen LogP contribution is -2.34. The molecule has 0 unspecified atom stereocenters. The van der Waals surface area contributed by atoms with E-state index in [0.717, 1.165) is 22.0 Å². The second-order valence-corrected chi connectivity index (χ2v) is 6.21. The predicted octanol–water partition coefficient (Wildman–Crippen LogP) is 4.93. The fourth-order valence-corrected chi connectivity index (χ4v) is 2.82. The van der Waals surface area contributed by atoms with Crippen LogP contribution in [0, 0.1) is 6.92 Å². The molecular formula is C19H15ClN2OS.